The van der Waals surface area contributed by atoms with E-state index < -0.39 is 5.82 Å². The van der Waals surface area contributed by atoms with Crippen LogP contribution in [0.2, 0.25) is 0 Å². The van der Waals surface area contributed by atoms with Crippen molar-refractivity contribution < 1.29 is 13.9 Å². The van der Waals surface area contributed by atoms with E-state index in [1.54, 1.807) is 0 Å². The summed E-state index contributed by atoms with van der Waals surface area (Å²) in [6, 6.07) is 11.8. The van der Waals surface area contributed by atoms with Crippen molar-refractivity contribution in [3.8, 4) is 17.1 Å². The van der Waals surface area contributed by atoms with Crippen LogP contribution in [0.4, 0.5) is 4.39 Å². The molecule has 0 amide bonds. The van der Waals surface area contributed by atoms with Crippen molar-refractivity contribution in [2.45, 2.75) is 12.1 Å². The Bertz CT molecular complexity index is 956. The highest BCUT2D eigenvalue weighted by atomic mass is 32.2. The van der Waals surface area contributed by atoms with Crippen LogP contribution in [0.25, 0.3) is 11.4 Å². The highest BCUT2D eigenvalue weighted by Crippen LogP contribution is 2.27. The van der Waals surface area contributed by atoms with E-state index in [4.69, 9.17) is 4.74 Å². The first kappa shape index (κ1) is 18.1. The number of aryl methyl sites for hydroxylation is 1. The number of hydrogen-bond acceptors (Lipinski definition) is 5. The molecule has 0 bridgehead atoms. The predicted molar refractivity (Wildman–Crippen MR) is 99.2 cm³/mol. The summed E-state index contributed by atoms with van der Waals surface area (Å²) in [5.41, 5.74) is 2.31. The largest absolute Gasteiger partial charge is 0.496 e. The summed E-state index contributed by atoms with van der Waals surface area (Å²) in [7, 11) is 3.31. The maximum atomic E-state index is 13.5. The van der Waals surface area contributed by atoms with E-state index in [1.165, 1.54) is 37.1 Å². The van der Waals surface area contributed by atoms with Crippen LogP contribution in [0.15, 0.2) is 47.6 Å². The summed E-state index contributed by atoms with van der Waals surface area (Å²) in [5.74, 6) is 0.503. The fraction of sp³-hybridized carbons (Fsp3) is 0.211. The normalized spacial score (nSPS) is 10.8. The molecule has 0 aliphatic rings. The molecule has 0 saturated carbocycles. The molecule has 0 fully saturated rings. The summed E-state index contributed by atoms with van der Waals surface area (Å²) >= 11 is 1.26. The Morgan fingerprint density at radius 1 is 1.23 bits per heavy atom. The number of Topliss-reactive ketones (excluding diaryl/α,β-unsaturated/α-hetero) is 1. The Balaban J connectivity index is 1.78. The molecule has 2 aromatic carbocycles. The molecule has 5 nitrogen and oxygen atoms in total. The van der Waals surface area contributed by atoms with Gasteiger partial charge < -0.3 is 9.30 Å². The topological polar surface area (TPSA) is 57.0 Å². The van der Waals surface area contributed by atoms with Crippen molar-refractivity contribution in [2.75, 3.05) is 12.9 Å². The van der Waals surface area contributed by atoms with Gasteiger partial charge in [-0.2, -0.15) is 0 Å². The molecule has 1 heterocycles. The van der Waals surface area contributed by atoms with Gasteiger partial charge in [0.1, 0.15) is 11.6 Å². The zero-order valence-electron chi connectivity index (χ0n) is 14.7. The summed E-state index contributed by atoms with van der Waals surface area (Å²) in [6.07, 6.45) is 0. The Kier molecular flexibility index (Phi) is 5.37. The van der Waals surface area contributed by atoms with Crippen LogP contribution < -0.4 is 4.74 Å². The number of aromatic nitrogens is 3. The first-order chi connectivity index (χ1) is 12.5. The molecule has 0 saturated heterocycles. The fourth-order valence-electron chi connectivity index (χ4n) is 2.60. The number of benzene rings is 2. The molecule has 0 radical (unpaired) electrons. The number of hydrogen-bond donors (Lipinski definition) is 0. The van der Waals surface area contributed by atoms with Gasteiger partial charge in [-0.25, -0.2) is 4.39 Å². The average Bonchev–Trinajstić information content (AvgIpc) is 3.00. The first-order valence-electron chi connectivity index (χ1n) is 7.96. The number of ketones is 1. The zero-order chi connectivity index (χ0) is 18.7. The maximum absolute atomic E-state index is 13.5. The van der Waals surface area contributed by atoms with Crippen molar-refractivity contribution in [1.82, 2.24) is 14.8 Å². The van der Waals surface area contributed by atoms with Crippen LogP contribution in [0.1, 0.15) is 15.9 Å². The lowest BCUT2D eigenvalue weighted by Crippen LogP contribution is -2.06. The summed E-state index contributed by atoms with van der Waals surface area (Å²) in [6.45, 7) is 2.01. The van der Waals surface area contributed by atoms with Gasteiger partial charge in [0.15, 0.2) is 16.8 Å². The van der Waals surface area contributed by atoms with Gasteiger partial charge in [0.25, 0.3) is 0 Å². The van der Waals surface area contributed by atoms with Gasteiger partial charge >= 0.3 is 0 Å². The lowest BCUT2D eigenvalue weighted by atomic mass is 10.1. The molecule has 3 rings (SSSR count). The second-order valence-electron chi connectivity index (χ2n) is 5.74. The van der Waals surface area contributed by atoms with Gasteiger partial charge in [-0.15, -0.1) is 10.2 Å². The third-order valence-electron chi connectivity index (χ3n) is 4.02. The molecular weight excluding hydrogens is 353 g/mol. The van der Waals surface area contributed by atoms with Gasteiger partial charge in [-0.05, 0) is 30.7 Å². The van der Waals surface area contributed by atoms with E-state index in [9.17, 15) is 9.18 Å². The molecule has 0 unspecified atom stereocenters. The number of methoxy groups -OCH3 is 1. The minimum absolute atomic E-state index is 0.111. The van der Waals surface area contributed by atoms with E-state index in [-0.39, 0.29) is 17.1 Å². The number of carbonyl (C=O) groups is 1. The van der Waals surface area contributed by atoms with E-state index >= 15 is 0 Å². The van der Waals surface area contributed by atoms with Crippen molar-refractivity contribution in [3.63, 3.8) is 0 Å². The Morgan fingerprint density at radius 2 is 2.00 bits per heavy atom. The van der Waals surface area contributed by atoms with Crippen LogP contribution in [0, 0.1) is 12.7 Å². The lowest BCUT2D eigenvalue weighted by molar-refractivity contribution is 0.101. The molecule has 1 aromatic heterocycles. The summed E-state index contributed by atoms with van der Waals surface area (Å²) in [4.78, 5) is 12.5. The quantitative estimate of drug-likeness (QED) is 0.486. The van der Waals surface area contributed by atoms with Crippen LogP contribution in [0.5, 0.6) is 5.75 Å². The molecule has 0 spiro atoms. The number of carbonyl (C=O) groups excluding carboxylic acids is 1. The smallest absolute Gasteiger partial charge is 0.191 e. The van der Waals surface area contributed by atoms with Crippen molar-refractivity contribution in [2.24, 2.45) is 7.05 Å². The lowest BCUT2D eigenvalue weighted by Gasteiger charge is -2.08. The molecule has 134 valence electrons. The molecule has 0 atom stereocenters. The standard InChI is InChI=1S/C19H18FN3O2S/c1-12-6-4-5-7-14(12)18-21-22-19(23(18)2)26-11-16(24)15-10-13(20)8-9-17(15)25-3/h4-10H,11H2,1-3H3. The van der Waals surface area contributed by atoms with Crippen molar-refractivity contribution >= 4 is 17.5 Å². The third kappa shape index (κ3) is 3.62. The minimum Gasteiger partial charge on any atom is -0.496 e. The molecule has 0 aliphatic heterocycles. The van der Waals surface area contributed by atoms with Gasteiger partial charge in [0, 0.05) is 12.6 Å². The first-order valence-corrected chi connectivity index (χ1v) is 8.94. The number of nitrogens with zero attached hydrogens (tertiary/aromatic N) is 3. The number of rotatable bonds is 6. The Morgan fingerprint density at radius 3 is 2.73 bits per heavy atom. The van der Waals surface area contributed by atoms with E-state index in [1.807, 2.05) is 42.8 Å². The second kappa shape index (κ2) is 7.70. The Labute approximate surface area is 155 Å². The molecule has 0 aliphatic carbocycles. The number of halogens is 1. The minimum atomic E-state index is -0.473. The molecule has 26 heavy (non-hydrogen) atoms. The average molecular weight is 371 g/mol. The summed E-state index contributed by atoms with van der Waals surface area (Å²) in [5, 5.41) is 9.04. The van der Waals surface area contributed by atoms with Crippen molar-refractivity contribution in [1.29, 1.82) is 0 Å². The third-order valence-corrected chi connectivity index (χ3v) is 5.04. The molecule has 3 aromatic rings. The summed E-state index contributed by atoms with van der Waals surface area (Å²) < 4.78 is 20.5. The van der Waals surface area contributed by atoms with E-state index in [0.717, 1.165) is 17.0 Å². The van der Waals surface area contributed by atoms with Gasteiger partial charge in [-0.3, -0.25) is 4.79 Å². The zero-order valence-corrected chi connectivity index (χ0v) is 15.5. The Hall–Kier alpha value is -2.67. The van der Waals surface area contributed by atoms with Gasteiger partial charge in [0.2, 0.25) is 0 Å². The predicted octanol–water partition coefficient (Wildman–Crippen LogP) is 3.91. The maximum Gasteiger partial charge on any atom is 0.191 e. The number of ether oxygens (including phenoxy) is 1. The second-order valence-corrected chi connectivity index (χ2v) is 6.68. The van der Waals surface area contributed by atoms with Crippen LogP contribution in [-0.4, -0.2) is 33.4 Å². The van der Waals surface area contributed by atoms with Gasteiger partial charge in [0.05, 0.1) is 18.4 Å². The van der Waals surface area contributed by atoms with Crippen LogP contribution >= 0.6 is 11.8 Å². The van der Waals surface area contributed by atoms with E-state index in [0.29, 0.717) is 10.9 Å². The number of thioether (sulfide) groups is 1. The van der Waals surface area contributed by atoms with Crippen molar-refractivity contribution in [3.05, 3.63) is 59.4 Å². The molecule has 7 heteroatoms. The SMILES string of the molecule is COc1ccc(F)cc1C(=O)CSc1nnc(-c2ccccc2C)n1C. The monoisotopic (exact) mass is 371 g/mol. The molecular formula is C19H18FN3O2S. The van der Waals surface area contributed by atoms with Crippen LogP contribution in [-0.2, 0) is 7.05 Å². The van der Waals surface area contributed by atoms with E-state index in [2.05, 4.69) is 10.2 Å². The van der Waals surface area contributed by atoms with Crippen LogP contribution in [0.3, 0.4) is 0 Å². The fourth-order valence-corrected chi connectivity index (χ4v) is 3.40. The molecule has 0 N–H and O–H groups in total. The van der Waals surface area contributed by atoms with Gasteiger partial charge in [-0.1, -0.05) is 36.0 Å². The highest BCUT2D eigenvalue weighted by Gasteiger charge is 2.17. The highest BCUT2D eigenvalue weighted by molar-refractivity contribution is 7.99.